The van der Waals surface area contributed by atoms with Gasteiger partial charge in [0.05, 0.1) is 11.8 Å². The molecule has 0 aliphatic heterocycles. The summed E-state index contributed by atoms with van der Waals surface area (Å²) < 4.78 is 12.8. The molecule has 0 saturated heterocycles. The standard InChI is InChI=1S/C20H20ClFN2O2/c21-18-4-2-1-3-14(18)12-24-20(26)17-11-16(17)19(25)23-10-9-13-5-7-15(22)8-6-13/h1-8,16-17H,9-12H2,(H,23,25)(H,24,26). The molecule has 0 heterocycles. The normalized spacial score (nSPS) is 18.2. The van der Waals surface area contributed by atoms with Gasteiger partial charge in [-0.3, -0.25) is 9.59 Å². The second-order valence-corrected chi connectivity index (χ2v) is 6.83. The molecule has 2 amide bonds. The van der Waals surface area contributed by atoms with E-state index >= 15 is 0 Å². The second-order valence-electron chi connectivity index (χ2n) is 6.43. The molecule has 2 atom stereocenters. The molecule has 1 saturated carbocycles. The minimum absolute atomic E-state index is 0.106. The number of halogens is 2. The van der Waals surface area contributed by atoms with Crippen molar-refractivity contribution in [1.29, 1.82) is 0 Å². The summed E-state index contributed by atoms with van der Waals surface area (Å²) in [6.07, 6.45) is 1.19. The average molecular weight is 375 g/mol. The van der Waals surface area contributed by atoms with Gasteiger partial charge in [0.2, 0.25) is 11.8 Å². The third kappa shape index (κ3) is 4.82. The van der Waals surface area contributed by atoms with Crippen LogP contribution in [-0.4, -0.2) is 18.4 Å². The van der Waals surface area contributed by atoms with Gasteiger partial charge in [-0.25, -0.2) is 4.39 Å². The SMILES string of the molecule is O=C(NCCc1ccc(F)cc1)C1CC1C(=O)NCc1ccccc1Cl. The smallest absolute Gasteiger partial charge is 0.224 e. The summed E-state index contributed by atoms with van der Waals surface area (Å²) in [4.78, 5) is 24.3. The van der Waals surface area contributed by atoms with Gasteiger partial charge in [0.15, 0.2) is 0 Å². The van der Waals surface area contributed by atoms with Crippen molar-refractivity contribution < 1.29 is 14.0 Å². The predicted octanol–water partition coefficient (Wildman–Crippen LogP) is 3.09. The Labute approximate surface area is 156 Å². The number of carbonyl (C=O) groups excluding carboxylic acids is 2. The first kappa shape index (κ1) is 18.4. The van der Waals surface area contributed by atoms with Crippen molar-refractivity contribution in [3.8, 4) is 0 Å². The molecule has 1 fully saturated rings. The zero-order valence-corrected chi connectivity index (χ0v) is 14.9. The van der Waals surface area contributed by atoms with Crippen molar-refractivity contribution in [1.82, 2.24) is 10.6 Å². The Morgan fingerprint density at radius 1 is 1.00 bits per heavy atom. The molecule has 2 N–H and O–H groups in total. The molecule has 2 aromatic rings. The van der Waals surface area contributed by atoms with Crippen LogP contribution in [0.4, 0.5) is 4.39 Å². The van der Waals surface area contributed by atoms with Crippen LogP contribution < -0.4 is 10.6 Å². The minimum Gasteiger partial charge on any atom is -0.356 e. The van der Waals surface area contributed by atoms with E-state index in [1.165, 1.54) is 12.1 Å². The highest BCUT2D eigenvalue weighted by molar-refractivity contribution is 6.31. The van der Waals surface area contributed by atoms with Crippen LogP contribution in [0.5, 0.6) is 0 Å². The van der Waals surface area contributed by atoms with Gasteiger partial charge in [0.25, 0.3) is 0 Å². The Hall–Kier alpha value is -2.40. The van der Waals surface area contributed by atoms with Gasteiger partial charge in [0, 0.05) is 18.1 Å². The molecule has 4 nitrogen and oxygen atoms in total. The molecule has 1 aliphatic carbocycles. The average Bonchev–Trinajstić information content (AvgIpc) is 3.43. The molecule has 1 aliphatic rings. The maximum absolute atomic E-state index is 12.8. The van der Waals surface area contributed by atoms with Crippen molar-refractivity contribution >= 4 is 23.4 Å². The highest BCUT2D eigenvalue weighted by atomic mass is 35.5. The highest BCUT2D eigenvalue weighted by Gasteiger charge is 2.47. The third-order valence-electron chi connectivity index (χ3n) is 4.50. The van der Waals surface area contributed by atoms with Crippen LogP contribution in [-0.2, 0) is 22.6 Å². The van der Waals surface area contributed by atoms with Crippen LogP contribution in [0.15, 0.2) is 48.5 Å². The number of carbonyl (C=O) groups is 2. The van der Waals surface area contributed by atoms with Crippen molar-refractivity contribution in [2.24, 2.45) is 11.8 Å². The van der Waals surface area contributed by atoms with Gasteiger partial charge in [-0.15, -0.1) is 0 Å². The lowest BCUT2D eigenvalue weighted by Gasteiger charge is -2.07. The van der Waals surface area contributed by atoms with Crippen LogP contribution in [0.2, 0.25) is 5.02 Å². The molecule has 0 radical (unpaired) electrons. The van der Waals surface area contributed by atoms with E-state index in [0.29, 0.717) is 31.0 Å². The molecule has 2 unspecified atom stereocenters. The summed E-state index contributed by atoms with van der Waals surface area (Å²) in [5.74, 6) is -1.05. The number of rotatable bonds is 7. The second kappa shape index (κ2) is 8.32. The largest absolute Gasteiger partial charge is 0.356 e. The predicted molar refractivity (Wildman–Crippen MR) is 98.0 cm³/mol. The first-order valence-corrected chi connectivity index (χ1v) is 8.95. The molecule has 0 spiro atoms. The summed E-state index contributed by atoms with van der Waals surface area (Å²) in [6.45, 7) is 0.822. The third-order valence-corrected chi connectivity index (χ3v) is 4.87. The van der Waals surface area contributed by atoms with Gasteiger partial charge in [-0.1, -0.05) is 41.9 Å². The van der Waals surface area contributed by atoms with Crippen molar-refractivity contribution in [3.63, 3.8) is 0 Å². The van der Waals surface area contributed by atoms with Crippen LogP contribution >= 0.6 is 11.6 Å². The summed E-state index contributed by atoms with van der Waals surface area (Å²) in [5, 5.41) is 6.29. The number of benzene rings is 2. The quantitative estimate of drug-likeness (QED) is 0.782. The van der Waals surface area contributed by atoms with E-state index in [-0.39, 0.29) is 29.5 Å². The summed E-state index contributed by atoms with van der Waals surface area (Å²) in [5.41, 5.74) is 1.81. The first-order chi connectivity index (χ1) is 12.5. The molecule has 3 rings (SSSR count). The number of nitrogens with one attached hydrogen (secondary N) is 2. The zero-order chi connectivity index (χ0) is 18.5. The van der Waals surface area contributed by atoms with E-state index in [9.17, 15) is 14.0 Å². The first-order valence-electron chi connectivity index (χ1n) is 8.58. The molecule has 0 aromatic heterocycles. The Morgan fingerprint density at radius 2 is 1.65 bits per heavy atom. The molecular formula is C20H20ClFN2O2. The van der Waals surface area contributed by atoms with Crippen LogP contribution in [0.3, 0.4) is 0 Å². The Balaban J connectivity index is 1.38. The van der Waals surface area contributed by atoms with E-state index in [1.807, 2.05) is 18.2 Å². The van der Waals surface area contributed by atoms with Crippen molar-refractivity contribution in [2.75, 3.05) is 6.54 Å². The van der Waals surface area contributed by atoms with Crippen LogP contribution in [0.1, 0.15) is 17.5 Å². The lowest BCUT2D eigenvalue weighted by atomic mass is 10.1. The minimum atomic E-state index is -0.276. The van der Waals surface area contributed by atoms with Gasteiger partial charge in [-0.05, 0) is 42.2 Å². The van der Waals surface area contributed by atoms with E-state index in [2.05, 4.69) is 10.6 Å². The summed E-state index contributed by atoms with van der Waals surface area (Å²) in [7, 11) is 0. The Kier molecular flexibility index (Phi) is 5.89. The maximum Gasteiger partial charge on any atom is 0.224 e. The van der Waals surface area contributed by atoms with Crippen molar-refractivity contribution in [2.45, 2.75) is 19.4 Å². The maximum atomic E-state index is 12.8. The number of amides is 2. The lowest BCUT2D eigenvalue weighted by Crippen LogP contribution is -2.31. The van der Waals surface area contributed by atoms with E-state index in [1.54, 1.807) is 18.2 Å². The fourth-order valence-corrected chi connectivity index (χ4v) is 3.04. The lowest BCUT2D eigenvalue weighted by molar-refractivity contribution is -0.127. The Bertz CT molecular complexity index is 795. The fourth-order valence-electron chi connectivity index (χ4n) is 2.84. The highest BCUT2D eigenvalue weighted by Crippen LogP contribution is 2.38. The molecule has 6 heteroatoms. The molecule has 2 aromatic carbocycles. The van der Waals surface area contributed by atoms with Gasteiger partial charge in [0.1, 0.15) is 5.82 Å². The van der Waals surface area contributed by atoms with Crippen LogP contribution in [0.25, 0.3) is 0 Å². The number of hydrogen-bond donors (Lipinski definition) is 2. The molecule has 26 heavy (non-hydrogen) atoms. The Morgan fingerprint density at radius 3 is 2.35 bits per heavy atom. The fraction of sp³-hybridized carbons (Fsp3) is 0.300. The van der Waals surface area contributed by atoms with Gasteiger partial charge in [-0.2, -0.15) is 0 Å². The summed E-state index contributed by atoms with van der Waals surface area (Å²) >= 11 is 6.06. The summed E-state index contributed by atoms with van der Waals surface area (Å²) in [6, 6.07) is 13.5. The zero-order valence-electron chi connectivity index (χ0n) is 14.2. The van der Waals surface area contributed by atoms with E-state index in [0.717, 1.165) is 11.1 Å². The molecule has 136 valence electrons. The monoisotopic (exact) mass is 374 g/mol. The number of hydrogen-bond acceptors (Lipinski definition) is 2. The topological polar surface area (TPSA) is 58.2 Å². The molecule has 0 bridgehead atoms. The molecular weight excluding hydrogens is 355 g/mol. The van der Waals surface area contributed by atoms with E-state index in [4.69, 9.17) is 11.6 Å². The van der Waals surface area contributed by atoms with Crippen molar-refractivity contribution in [3.05, 3.63) is 70.5 Å². The van der Waals surface area contributed by atoms with Gasteiger partial charge < -0.3 is 10.6 Å². The van der Waals surface area contributed by atoms with E-state index < -0.39 is 0 Å². The van der Waals surface area contributed by atoms with Crippen LogP contribution in [0, 0.1) is 17.7 Å². The van der Waals surface area contributed by atoms with Gasteiger partial charge >= 0.3 is 0 Å².